The highest BCUT2D eigenvalue weighted by atomic mass is 16.5. The molecule has 0 heterocycles. The predicted octanol–water partition coefficient (Wildman–Crippen LogP) is 3.89. The van der Waals surface area contributed by atoms with Gasteiger partial charge in [-0.25, -0.2) is 0 Å². The van der Waals surface area contributed by atoms with Crippen molar-refractivity contribution in [1.82, 2.24) is 5.32 Å². The summed E-state index contributed by atoms with van der Waals surface area (Å²) in [7, 11) is 0. The molecule has 1 fully saturated rings. The van der Waals surface area contributed by atoms with Crippen LogP contribution in [0.25, 0.3) is 0 Å². The van der Waals surface area contributed by atoms with Crippen LogP contribution in [0.4, 0.5) is 0 Å². The smallest absolute Gasteiger partial charge is 0.174 e. The van der Waals surface area contributed by atoms with E-state index in [1.807, 2.05) is 18.2 Å². The van der Waals surface area contributed by atoms with Crippen molar-refractivity contribution in [3.63, 3.8) is 0 Å². The molecule has 1 N–H and O–H groups in total. The first kappa shape index (κ1) is 15.9. The van der Waals surface area contributed by atoms with Crippen LogP contribution < -0.4 is 10.1 Å². The Morgan fingerprint density at radius 2 is 1.95 bits per heavy atom. The quantitative estimate of drug-likeness (QED) is 0.862. The largest absolute Gasteiger partial charge is 0.479 e. The Labute approximate surface area is 128 Å². The van der Waals surface area contributed by atoms with E-state index < -0.39 is 0 Å². The van der Waals surface area contributed by atoms with E-state index in [4.69, 9.17) is 10.00 Å². The molecule has 0 spiro atoms. The molecule has 0 radical (unpaired) electrons. The van der Waals surface area contributed by atoms with Gasteiger partial charge in [0.2, 0.25) is 0 Å². The maximum absolute atomic E-state index is 8.50. The number of hydrogen-bond donors (Lipinski definition) is 1. The van der Waals surface area contributed by atoms with Gasteiger partial charge in [0.25, 0.3) is 0 Å². The predicted molar refractivity (Wildman–Crippen MR) is 85.0 cm³/mol. The van der Waals surface area contributed by atoms with Crippen molar-refractivity contribution in [2.45, 2.75) is 52.1 Å². The lowest BCUT2D eigenvalue weighted by Gasteiger charge is -2.35. The van der Waals surface area contributed by atoms with Gasteiger partial charge in [-0.05, 0) is 42.4 Å². The number of nitriles is 1. The lowest BCUT2D eigenvalue weighted by atomic mass is 9.78. The van der Waals surface area contributed by atoms with Crippen molar-refractivity contribution in [3.05, 3.63) is 29.8 Å². The molecule has 1 aliphatic carbocycles. The molecule has 1 aromatic carbocycles. The van der Waals surface area contributed by atoms with Crippen LogP contribution in [0.2, 0.25) is 0 Å². The summed E-state index contributed by atoms with van der Waals surface area (Å²) in [5, 5.41) is 12.2. The Bertz CT molecular complexity index is 461. The molecule has 1 aromatic rings. The third-order valence-electron chi connectivity index (χ3n) is 4.47. The Hall–Kier alpha value is -1.53. The summed E-state index contributed by atoms with van der Waals surface area (Å²) >= 11 is 0. The highest BCUT2D eigenvalue weighted by Crippen LogP contribution is 2.30. The highest BCUT2D eigenvalue weighted by Gasteiger charge is 2.26. The van der Waals surface area contributed by atoms with Gasteiger partial charge >= 0.3 is 0 Å². The lowest BCUT2D eigenvalue weighted by Crippen LogP contribution is -2.40. The molecule has 3 nitrogen and oxygen atoms in total. The lowest BCUT2D eigenvalue weighted by molar-refractivity contribution is 0.204. The van der Waals surface area contributed by atoms with Gasteiger partial charge < -0.3 is 10.1 Å². The zero-order valence-electron chi connectivity index (χ0n) is 13.1. The van der Waals surface area contributed by atoms with Gasteiger partial charge in [0.05, 0.1) is 0 Å². The Balaban J connectivity index is 1.85. The second-order valence-corrected chi connectivity index (χ2v) is 6.27. The van der Waals surface area contributed by atoms with Gasteiger partial charge in [-0.15, -0.1) is 0 Å². The first-order valence-corrected chi connectivity index (χ1v) is 8.02. The molecule has 1 aliphatic rings. The SMILES string of the molecule is CC(C)C1CCCCC1NCc1ccc(OCC#N)cc1. The molecule has 21 heavy (non-hydrogen) atoms. The molecule has 0 amide bonds. The molecule has 3 heteroatoms. The van der Waals surface area contributed by atoms with Crippen molar-refractivity contribution in [1.29, 1.82) is 5.26 Å². The van der Waals surface area contributed by atoms with E-state index in [0.717, 1.165) is 24.1 Å². The number of benzene rings is 1. The van der Waals surface area contributed by atoms with E-state index in [0.29, 0.717) is 6.04 Å². The first-order chi connectivity index (χ1) is 10.2. The average molecular weight is 286 g/mol. The summed E-state index contributed by atoms with van der Waals surface area (Å²) in [6.07, 6.45) is 5.39. The van der Waals surface area contributed by atoms with Gasteiger partial charge in [0, 0.05) is 12.6 Å². The fourth-order valence-corrected chi connectivity index (χ4v) is 3.28. The van der Waals surface area contributed by atoms with Crippen LogP contribution in [0.5, 0.6) is 5.75 Å². The third-order valence-corrected chi connectivity index (χ3v) is 4.47. The summed E-state index contributed by atoms with van der Waals surface area (Å²) in [4.78, 5) is 0. The normalized spacial score (nSPS) is 22.0. The van der Waals surface area contributed by atoms with E-state index in [-0.39, 0.29) is 6.61 Å². The van der Waals surface area contributed by atoms with Gasteiger partial charge in [-0.3, -0.25) is 0 Å². The topological polar surface area (TPSA) is 45.0 Å². The Kier molecular flexibility index (Phi) is 6.07. The molecule has 114 valence electrons. The van der Waals surface area contributed by atoms with Crippen molar-refractivity contribution in [3.8, 4) is 11.8 Å². The standard InChI is InChI=1S/C18H26N2O/c1-14(2)17-5-3-4-6-18(17)20-13-15-7-9-16(10-8-15)21-12-11-19/h7-10,14,17-18,20H,3-6,12-13H2,1-2H3. The highest BCUT2D eigenvalue weighted by molar-refractivity contribution is 5.27. The molecular formula is C18H26N2O. The number of rotatable bonds is 6. The van der Waals surface area contributed by atoms with Crippen LogP contribution in [0.15, 0.2) is 24.3 Å². The summed E-state index contributed by atoms with van der Waals surface area (Å²) in [5.41, 5.74) is 1.27. The number of nitrogens with one attached hydrogen (secondary N) is 1. The zero-order chi connectivity index (χ0) is 15.1. The van der Waals surface area contributed by atoms with Crippen molar-refractivity contribution in [2.24, 2.45) is 11.8 Å². The summed E-state index contributed by atoms with van der Waals surface area (Å²) in [5.74, 6) is 2.32. The summed E-state index contributed by atoms with van der Waals surface area (Å²) < 4.78 is 5.27. The van der Waals surface area contributed by atoms with E-state index >= 15 is 0 Å². The van der Waals surface area contributed by atoms with E-state index in [1.54, 1.807) is 0 Å². The second-order valence-electron chi connectivity index (χ2n) is 6.27. The third kappa shape index (κ3) is 4.75. The van der Waals surface area contributed by atoms with Gasteiger partial charge in [-0.1, -0.05) is 38.8 Å². The van der Waals surface area contributed by atoms with Gasteiger partial charge in [-0.2, -0.15) is 5.26 Å². The molecule has 0 aliphatic heterocycles. The summed E-state index contributed by atoms with van der Waals surface area (Å²) in [6, 6.07) is 10.7. The monoisotopic (exact) mass is 286 g/mol. The number of hydrogen-bond acceptors (Lipinski definition) is 3. The van der Waals surface area contributed by atoms with Crippen molar-refractivity contribution in [2.75, 3.05) is 6.61 Å². The zero-order valence-corrected chi connectivity index (χ0v) is 13.1. The van der Waals surface area contributed by atoms with Crippen LogP contribution >= 0.6 is 0 Å². The number of nitrogens with zero attached hydrogens (tertiary/aromatic N) is 1. The van der Waals surface area contributed by atoms with Gasteiger partial charge in [0.15, 0.2) is 6.61 Å². The van der Waals surface area contributed by atoms with Crippen molar-refractivity contribution >= 4 is 0 Å². The first-order valence-electron chi connectivity index (χ1n) is 8.02. The molecule has 2 atom stereocenters. The second kappa shape index (κ2) is 8.05. The van der Waals surface area contributed by atoms with Crippen LogP contribution in [-0.4, -0.2) is 12.6 Å². The fraction of sp³-hybridized carbons (Fsp3) is 0.611. The van der Waals surface area contributed by atoms with E-state index in [1.165, 1.54) is 31.2 Å². The molecule has 0 aromatic heterocycles. The Morgan fingerprint density at radius 1 is 1.24 bits per heavy atom. The molecular weight excluding hydrogens is 260 g/mol. The van der Waals surface area contributed by atoms with E-state index in [9.17, 15) is 0 Å². The van der Waals surface area contributed by atoms with Crippen LogP contribution in [0.3, 0.4) is 0 Å². The Morgan fingerprint density at radius 3 is 2.62 bits per heavy atom. The minimum Gasteiger partial charge on any atom is -0.479 e. The van der Waals surface area contributed by atoms with Crippen LogP contribution in [0.1, 0.15) is 45.1 Å². The molecule has 0 saturated heterocycles. The average Bonchev–Trinajstić information content (AvgIpc) is 2.52. The van der Waals surface area contributed by atoms with Gasteiger partial charge in [0.1, 0.15) is 11.8 Å². The van der Waals surface area contributed by atoms with Crippen LogP contribution in [-0.2, 0) is 6.54 Å². The minimum atomic E-state index is 0.107. The summed E-state index contributed by atoms with van der Waals surface area (Å²) in [6.45, 7) is 5.69. The molecule has 0 bridgehead atoms. The maximum Gasteiger partial charge on any atom is 0.174 e. The van der Waals surface area contributed by atoms with Crippen LogP contribution in [0, 0.1) is 23.2 Å². The molecule has 1 saturated carbocycles. The van der Waals surface area contributed by atoms with Crippen molar-refractivity contribution < 1.29 is 4.74 Å². The number of ether oxygens (including phenoxy) is 1. The molecule has 2 unspecified atom stereocenters. The fourth-order valence-electron chi connectivity index (χ4n) is 3.28. The minimum absolute atomic E-state index is 0.107. The maximum atomic E-state index is 8.50. The van der Waals surface area contributed by atoms with E-state index in [2.05, 4.69) is 31.3 Å². The molecule has 2 rings (SSSR count).